The van der Waals surface area contributed by atoms with Crippen LogP contribution in [0.3, 0.4) is 0 Å². The molecule has 2 aromatic rings. The van der Waals surface area contributed by atoms with Crippen molar-refractivity contribution in [1.82, 2.24) is 9.78 Å². The fourth-order valence-electron chi connectivity index (χ4n) is 2.84. The number of nitrogens with zero attached hydrogens (tertiary/aromatic N) is 3. The van der Waals surface area contributed by atoms with E-state index in [-0.39, 0.29) is 16.7 Å². The predicted molar refractivity (Wildman–Crippen MR) is 116 cm³/mol. The lowest BCUT2D eigenvalue weighted by Gasteiger charge is -2.19. The standard InChI is InChI=1S/C23H27N3O6/c1-15-11-19(26(5)25-15)21(31-14-32-22(28)30-13-20(27)29-6)18(12-24)16-7-9-17(10-8-16)23(2,3)4/h7-11H,13-14H2,1-6H3/b21-18-. The van der Waals surface area contributed by atoms with Crippen molar-refractivity contribution in [1.29, 1.82) is 5.26 Å². The fourth-order valence-corrected chi connectivity index (χ4v) is 2.84. The lowest BCUT2D eigenvalue weighted by Crippen LogP contribution is -2.17. The maximum absolute atomic E-state index is 11.7. The average Bonchev–Trinajstić information content (AvgIpc) is 3.08. The molecule has 0 unspecified atom stereocenters. The second kappa shape index (κ2) is 10.5. The summed E-state index contributed by atoms with van der Waals surface area (Å²) in [5.74, 6) is -0.529. The van der Waals surface area contributed by atoms with Crippen molar-refractivity contribution in [2.45, 2.75) is 33.1 Å². The summed E-state index contributed by atoms with van der Waals surface area (Å²) in [5, 5.41) is 14.2. The molecule has 0 bridgehead atoms. The van der Waals surface area contributed by atoms with Crippen LogP contribution in [0.15, 0.2) is 30.3 Å². The van der Waals surface area contributed by atoms with Gasteiger partial charge in [0.15, 0.2) is 12.4 Å². The van der Waals surface area contributed by atoms with Crippen molar-refractivity contribution in [3.8, 4) is 6.07 Å². The van der Waals surface area contributed by atoms with E-state index in [4.69, 9.17) is 9.47 Å². The summed E-state index contributed by atoms with van der Waals surface area (Å²) in [4.78, 5) is 22.7. The van der Waals surface area contributed by atoms with Crippen molar-refractivity contribution in [3.63, 3.8) is 0 Å². The highest BCUT2D eigenvalue weighted by molar-refractivity contribution is 5.94. The van der Waals surface area contributed by atoms with Crippen molar-refractivity contribution < 1.29 is 28.5 Å². The summed E-state index contributed by atoms with van der Waals surface area (Å²) >= 11 is 0. The van der Waals surface area contributed by atoms with Gasteiger partial charge in [-0.3, -0.25) is 4.68 Å². The molecule has 170 valence electrons. The molecule has 0 spiro atoms. The molecule has 1 aromatic carbocycles. The number of ether oxygens (including phenoxy) is 4. The SMILES string of the molecule is COC(=O)COC(=O)OCO/C(=C(/C#N)c1ccc(C(C)(C)C)cc1)c1cc(C)nn1C. The van der Waals surface area contributed by atoms with Crippen LogP contribution in [0.25, 0.3) is 11.3 Å². The number of allylic oxidation sites excluding steroid dienone is 1. The van der Waals surface area contributed by atoms with Crippen molar-refractivity contribution >= 4 is 23.5 Å². The van der Waals surface area contributed by atoms with Gasteiger partial charge in [-0.05, 0) is 29.5 Å². The van der Waals surface area contributed by atoms with Crippen molar-refractivity contribution in [3.05, 3.63) is 52.8 Å². The molecule has 0 aliphatic rings. The molecule has 0 atom stereocenters. The Labute approximate surface area is 187 Å². The Balaban J connectivity index is 2.32. The molecule has 1 aromatic heterocycles. The lowest BCUT2D eigenvalue weighted by molar-refractivity contribution is -0.145. The van der Waals surface area contributed by atoms with Crippen LogP contribution in [0, 0.1) is 18.3 Å². The number of carbonyl (C=O) groups excluding carboxylic acids is 2. The summed E-state index contributed by atoms with van der Waals surface area (Å²) in [6.45, 7) is 7.01. The Morgan fingerprint density at radius 3 is 2.28 bits per heavy atom. The molecule has 0 saturated heterocycles. The first kappa shape index (κ1) is 24.5. The first-order chi connectivity index (χ1) is 15.1. The number of methoxy groups -OCH3 is 1. The first-order valence-corrected chi connectivity index (χ1v) is 9.82. The number of benzene rings is 1. The van der Waals surface area contributed by atoms with Gasteiger partial charge in [0.25, 0.3) is 0 Å². The third kappa shape index (κ3) is 6.35. The maximum Gasteiger partial charge on any atom is 0.511 e. The Morgan fingerprint density at radius 2 is 1.78 bits per heavy atom. The summed E-state index contributed by atoms with van der Waals surface area (Å²) in [7, 11) is 2.89. The molecule has 0 aliphatic heterocycles. The van der Waals surface area contributed by atoms with Gasteiger partial charge in [-0.25, -0.2) is 9.59 Å². The molecular formula is C23H27N3O6. The second-order valence-corrected chi connectivity index (χ2v) is 7.96. The van der Waals surface area contributed by atoms with E-state index >= 15 is 0 Å². The number of hydrogen-bond donors (Lipinski definition) is 0. The molecule has 0 aliphatic carbocycles. The molecule has 32 heavy (non-hydrogen) atoms. The minimum atomic E-state index is -1.11. The highest BCUT2D eigenvalue weighted by atomic mass is 16.8. The monoisotopic (exact) mass is 441 g/mol. The summed E-state index contributed by atoms with van der Waals surface area (Å²) in [5.41, 5.74) is 3.23. The van der Waals surface area contributed by atoms with Crippen LogP contribution in [0.5, 0.6) is 0 Å². The molecule has 1 heterocycles. The van der Waals surface area contributed by atoms with Gasteiger partial charge in [0.05, 0.1) is 12.8 Å². The average molecular weight is 441 g/mol. The molecule has 0 fully saturated rings. The van der Waals surface area contributed by atoms with Gasteiger partial charge < -0.3 is 18.9 Å². The third-order valence-corrected chi connectivity index (χ3v) is 4.53. The van der Waals surface area contributed by atoms with Gasteiger partial charge in [0, 0.05) is 7.05 Å². The Bertz CT molecular complexity index is 1040. The van der Waals surface area contributed by atoms with Crippen LogP contribution in [-0.2, 0) is 36.2 Å². The summed E-state index contributed by atoms with van der Waals surface area (Å²) < 4.78 is 21.1. The summed E-state index contributed by atoms with van der Waals surface area (Å²) in [6, 6.07) is 11.5. The lowest BCUT2D eigenvalue weighted by atomic mass is 9.86. The van der Waals surface area contributed by atoms with E-state index in [1.54, 1.807) is 17.8 Å². The van der Waals surface area contributed by atoms with Crippen LogP contribution in [-0.4, -0.2) is 42.4 Å². The number of esters is 1. The minimum absolute atomic E-state index is 0.0358. The van der Waals surface area contributed by atoms with Crippen molar-refractivity contribution in [2.24, 2.45) is 7.05 Å². The van der Waals surface area contributed by atoms with E-state index in [1.165, 1.54) is 7.11 Å². The molecule has 9 nitrogen and oxygen atoms in total. The van der Waals surface area contributed by atoms with Crippen LogP contribution in [0.2, 0.25) is 0 Å². The molecule has 9 heteroatoms. The van der Waals surface area contributed by atoms with Crippen LogP contribution < -0.4 is 0 Å². The number of carbonyl (C=O) groups is 2. The molecule has 2 rings (SSSR count). The van der Waals surface area contributed by atoms with Gasteiger partial charge in [-0.1, -0.05) is 45.0 Å². The zero-order valence-corrected chi connectivity index (χ0v) is 19.1. The Morgan fingerprint density at radius 1 is 1.12 bits per heavy atom. The zero-order valence-electron chi connectivity index (χ0n) is 19.1. The Hall–Kier alpha value is -3.80. The molecular weight excluding hydrogens is 414 g/mol. The van der Waals surface area contributed by atoms with E-state index in [9.17, 15) is 14.9 Å². The predicted octanol–water partition coefficient (Wildman–Crippen LogP) is 3.72. The quantitative estimate of drug-likeness (QED) is 0.277. The van der Waals surface area contributed by atoms with E-state index in [0.29, 0.717) is 11.3 Å². The van der Waals surface area contributed by atoms with Crippen LogP contribution >= 0.6 is 0 Å². The van der Waals surface area contributed by atoms with Gasteiger partial charge in [-0.2, -0.15) is 10.4 Å². The van der Waals surface area contributed by atoms with Gasteiger partial charge >= 0.3 is 12.1 Å². The highest BCUT2D eigenvalue weighted by Gasteiger charge is 2.20. The number of nitriles is 1. The third-order valence-electron chi connectivity index (χ3n) is 4.53. The smallest absolute Gasteiger partial charge is 0.466 e. The largest absolute Gasteiger partial charge is 0.511 e. The number of hydrogen-bond acceptors (Lipinski definition) is 8. The minimum Gasteiger partial charge on any atom is -0.466 e. The molecule has 0 amide bonds. The fraction of sp³-hybridized carbons (Fsp3) is 0.391. The topological polar surface area (TPSA) is 113 Å². The van der Waals surface area contributed by atoms with Crippen LogP contribution in [0.4, 0.5) is 4.79 Å². The van der Waals surface area contributed by atoms with Gasteiger partial charge in [0.2, 0.25) is 6.79 Å². The first-order valence-electron chi connectivity index (χ1n) is 9.82. The van der Waals surface area contributed by atoms with Crippen LogP contribution in [0.1, 0.15) is 43.3 Å². The normalized spacial score (nSPS) is 11.8. The number of aromatic nitrogens is 2. The highest BCUT2D eigenvalue weighted by Crippen LogP contribution is 2.30. The van der Waals surface area contributed by atoms with E-state index in [1.807, 2.05) is 31.2 Å². The number of aryl methyl sites for hydroxylation is 2. The van der Waals surface area contributed by atoms with Crippen molar-refractivity contribution in [2.75, 3.05) is 20.5 Å². The van der Waals surface area contributed by atoms with E-state index in [2.05, 4.69) is 41.4 Å². The molecule has 0 saturated carbocycles. The maximum atomic E-state index is 11.7. The Kier molecular flexibility index (Phi) is 8.02. The molecule has 0 N–H and O–H groups in total. The van der Waals surface area contributed by atoms with Gasteiger partial charge in [0.1, 0.15) is 17.3 Å². The van der Waals surface area contributed by atoms with E-state index < -0.39 is 25.5 Å². The second-order valence-electron chi connectivity index (χ2n) is 7.96. The summed E-state index contributed by atoms with van der Waals surface area (Å²) in [6.07, 6.45) is -1.11. The number of rotatable bonds is 7. The van der Waals surface area contributed by atoms with Gasteiger partial charge in [-0.15, -0.1) is 0 Å². The molecule has 0 radical (unpaired) electrons. The van der Waals surface area contributed by atoms with E-state index in [0.717, 1.165) is 11.3 Å². The zero-order chi connectivity index (χ0) is 23.9.